The highest BCUT2D eigenvalue weighted by atomic mass is 32.2. The van der Waals surface area contributed by atoms with E-state index in [9.17, 15) is 13.2 Å². The van der Waals surface area contributed by atoms with Crippen LogP contribution in [0.25, 0.3) is 0 Å². The van der Waals surface area contributed by atoms with Crippen molar-refractivity contribution in [3.8, 4) is 11.5 Å². The summed E-state index contributed by atoms with van der Waals surface area (Å²) in [7, 11) is -2.14. The number of nitrogens with one attached hydrogen (secondary N) is 1. The van der Waals surface area contributed by atoms with Crippen LogP contribution in [0, 0.1) is 0 Å². The monoisotopic (exact) mass is 418 g/mol. The fourth-order valence-electron chi connectivity index (χ4n) is 3.16. The first-order valence-corrected chi connectivity index (χ1v) is 11.0. The molecule has 29 heavy (non-hydrogen) atoms. The van der Waals surface area contributed by atoms with Crippen LogP contribution in [-0.2, 0) is 21.4 Å². The second-order valence-electron chi connectivity index (χ2n) is 7.12. The van der Waals surface area contributed by atoms with Gasteiger partial charge >= 0.3 is 0 Å². The minimum atomic E-state index is -3.69. The number of amides is 1. The molecule has 0 aliphatic carbocycles. The first-order valence-electron chi connectivity index (χ1n) is 9.54. The largest absolute Gasteiger partial charge is 0.493 e. The van der Waals surface area contributed by atoms with Gasteiger partial charge in [0.25, 0.3) is 0 Å². The van der Waals surface area contributed by atoms with E-state index in [0.29, 0.717) is 24.5 Å². The summed E-state index contributed by atoms with van der Waals surface area (Å²) in [6.45, 7) is 4.63. The van der Waals surface area contributed by atoms with Gasteiger partial charge in [-0.1, -0.05) is 6.07 Å². The molecule has 1 heterocycles. The van der Waals surface area contributed by atoms with Crippen molar-refractivity contribution in [1.29, 1.82) is 0 Å². The first kappa shape index (κ1) is 21.1. The average molecular weight is 419 g/mol. The lowest BCUT2D eigenvalue weighted by atomic mass is 10.2. The minimum absolute atomic E-state index is 0.00655. The quantitative estimate of drug-likeness (QED) is 0.712. The molecule has 0 saturated carbocycles. The smallest absolute Gasteiger partial charge is 0.240 e. The number of carbonyl (C=O) groups is 1. The van der Waals surface area contributed by atoms with E-state index < -0.39 is 10.0 Å². The van der Waals surface area contributed by atoms with Gasteiger partial charge in [0.05, 0.1) is 18.1 Å². The first-order chi connectivity index (χ1) is 13.8. The Balaban J connectivity index is 1.69. The third-order valence-electron chi connectivity index (χ3n) is 4.59. The van der Waals surface area contributed by atoms with E-state index in [4.69, 9.17) is 9.47 Å². The summed E-state index contributed by atoms with van der Waals surface area (Å²) in [4.78, 5) is 13.7. The molecule has 0 aromatic heterocycles. The molecule has 156 valence electrons. The van der Waals surface area contributed by atoms with Crippen molar-refractivity contribution in [1.82, 2.24) is 4.72 Å². The molecule has 1 N–H and O–H groups in total. The molecule has 1 amide bonds. The van der Waals surface area contributed by atoms with Crippen molar-refractivity contribution in [3.63, 3.8) is 0 Å². The molecule has 0 atom stereocenters. The summed E-state index contributed by atoms with van der Waals surface area (Å²) >= 11 is 0. The van der Waals surface area contributed by atoms with E-state index in [1.807, 2.05) is 13.8 Å². The molecule has 1 saturated heterocycles. The third kappa shape index (κ3) is 5.07. The maximum atomic E-state index is 12.6. The molecule has 0 radical (unpaired) electrons. The maximum absolute atomic E-state index is 12.6. The summed E-state index contributed by atoms with van der Waals surface area (Å²) in [5, 5.41) is 0. The van der Waals surface area contributed by atoms with Gasteiger partial charge in [-0.2, -0.15) is 0 Å². The van der Waals surface area contributed by atoms with Gasteiger partial charge in [0.2, 0.25) is 15.9 Å². The van der Waals surface area contributed by atoms with Gasteiger partial charge in [-0.25, -0.2) is 13.1 Å². The highest BCUT2D eigenvalue weighted by molar-refractivity contribution is 7.89. The predicted molar refractivity (Wildman–Crippen MR) is 111 cm³/mol. The Bertz CT molecular complexity index is 971. The zero-order valence-corrected chi connectivity index (χ0v) is 17.7. The molecule has 3 rings (SSSR count). The predicted octanol–water partition coefficient (Wildman–Crippen LogP) is 3.09. The summed E-state index contributed by atoms with van der Waals surface area (Å²) in [5.41, 5.74) is 1.47. The Morgan fingerprint density at radius 3 is 2.41 bits per heavy atom. The number of nitrogens with zero attached hydrogens (tertiary/aromatic N) is 1. The SMILES string of the molecule is COc1cc(CNS(=O)(=O)c2ccc(N3CCCC3=O)cc2)ccc1OC(C)C. The van der Waals surface area contributed by atoms with Crippen LogP contribution in [0.5, 0.6) is 11.5 Å². The van der Waals surface area contributed by atoms with Crippen molar-refractivity contribution in [3.05, 3.63) is 48.0 Å². The highest BCUT2D eigenvalue weighted by Crippen LogP contribution is 2.29. The number of sulfonamides is 1. The van der Waals surface area contributed by atoms with Gasteiger partial charge in [0.15, 0.2) is 11.5 Å². The van der Waals surface area contributed by atoms with Gasteiger partial charge in [-0.05, 0) is 62.2 Å². The van der Waals surface area contributed by atoms with E-state index in [2.05, 4.69) is 4.72 Å². The maximum Gasteiger partial charge on any atom is 0.240 e. The standard InChI is InChI=1S/C21H26N2O5S/c1-15(2)28-19-11-6-16(13-20(19)27-3)14-22-29(25,26)18-9-7-17(8-10-18)23-12-4-5-21(23)24/h6-11,13,15,22H,4-5,12,14H2,1-3H3. The molecule has 1 aliphatic rings. The number of rotatable bonds is 8. The number of benzene rings is 2. The molecule has 0 unspecified atom stereocenters. The lowest BCUT2D eigenvalue weighted by molar-refractivity contribution is -0.117. The summed E-state index contributed by atoms with van der Waals surface area (Å²) in [6.07, 6.45) is 1.36. The number of carbonyl (C=O) groups excluding carboxylic acids is 1. The van der Waals surface area contributed by atoms with Crippen molar-refractivity contribution in [2.24, 2.45) is 0 Å². The lowest BCUT2D eigenvalue weighted by Crippen LogP contribution is -2.25. The van der Waals surface area contributed by atoms with E-state index in [0.717, 1.165) is 17.7 Å². The molecular weight excluding hydrogens is 392 g/mol. The van der Waals surface area contributed by atoms with Crippen LogP contribution in [0.1, 0.15) is 32.3 Å². The second-order valence-corrected chi connectivity index (χ2v) is 8.89. The van der Waals surface area contributed by atoms with Gasteiger partial charge in [-0.15, -0.1) is 0 Å². The van der Waals surface area contributed by atoms with Gasteiger partial charge < -0.3 is 14.4 Å². The zero-order chi connectivity index (χ0) is 21.0. The summed E-state index contributed by atoms with van der Waals surface area (Å²) < 4.78 is 38.9. The number of hydrogen-bond donors (Lipinski definition) is 1. The fraction of sp³-hybridized carbons (Fsp3) is 0.381. The highest BCUT2D eigenvalue weighted by Gasteiger charge is 2.22. The van der Waals surface area contributed by atoms with E-state index in [-0.39, 0.29) is 23.5 Å². The third-order valence-corrected chi connectivity index (χ3v) is 6.01. The molecule has 2 aromatic rings. The lowest BCUT2D eigenvalue weighted by Gasteiger charge is -2.16. The Morgan fingerprint density at radius 1 is 1.10 bits per heavy atom. The van der Waals surface area contributed by atoms with E-state index in [1.54, 1.807) is 42.3 Å². The summed E-state index contributed by atoms with van der Waals surface area (Å²) in [5.74, 6) is 1.23. The van der Waals surface area contributed by atoms with Crippen LogP contribution in [0.4, 0.5) is 5.69 Å². The zero-order valence-electron chi connectivity index (χ0n) is 16.8. The van der Waals surface area contributed by atoms with Gasteiger partial charge in [-0.3, -0.25) is 4.79 Å². The Hall–Kier alpha value is -2.58. The van der Waals surface area contributed by atoms with Crippen molar-refractivity contribution < 1.29 is 22.7 Å². The minimum Gasteiger partial charge on any atom is -0.493 e. The Labute approximate surface area is 171 Å². The fourth-order valence-corrected chi connectivity index (χ4v) is 4.18. The molecule has 1 aliphatic heterocycles. The van der Waals surface area contributed by atoms with E-state index >= 15 is 0 Å². The molecular formula is C21H26N2O5S. The normalized spacial score (nSPS) is 14.5. The van der Waals surface area contributed by atoms with Crippen molar-refractivity contribution in [2.45, 2.75) is 44.2 Å². The number of ether oxygens (including phenoxy) is 2. The van der Waals surface area contributed by atoms with Crippen LogP contribution >= 0.6 is 0 Å². The van der Waals surface area contributed by atoms with Crippen molar-refractivity contribution >= 4 is 21.6 Å². The molecule has 0 bridgehead atoms. The van der Waals surface area contributed by atoms with Crippen molar-refractivity contribution in [2.75, 3.05) is 18.6 Å². The molecule has 8 heteroatoms. The van der Waals surface area contributed by atoms with Crippen LogP contribution in [0.2, 0.25) is 0 Å². The molecule has 1 fully saturated rings. The second kappa shape index (κ2) is 8.84. The van der Waals surface area contributed by atoms with Crippen LogP contribution in [0.15, 0.2) is 47.4 Å². The Kier molecular flexibility index (Phi) is 6.44. The number of hydrogen-bond acceptors (Lipinski definition) is 5. The topological polar surface area (TPSA) is 84.9 Å². The molecule has 2 aromatic carbocycles. The van der Waals surface area contributed by atoms with Crippen LogP contribution in [-0.4, -0.2) is 34.1 Å². The summed E-state index contributed by atoms with van der Waals surface area (Å²) in [6, 6.07) is 11.7. The van der Waals surface area contributed by atoms with Gasteiger partial charge in [0, 0.05) is 25.2 Å². The van der Waals surface area contributed by atoms with E-state index in [1.165, 1.54) is 12.1 Å². The number of methoxy groups -OCH3 is 1. The van der Waals surface area contributed by atoms with Crippen LogP contribution in [0.3, 0.4) is 0 Å². The molecule has 7 nitrogen and oxygen atoms in total. The van der Waals surface area contributed by atoms with Crippen LogP contribution < -0.4 is 19.1 Å². The Morgan fingerprint density at radius 2 is 1.83 bits per heavy atom. The average Bonchev–Trinajstić information content (AvgIpc) is 3.13. The van der Waals surface area contributed by atoms with Gasteiger partial charge in [0.1, 0.15) is 0 Å². The molecule has 0 spiro atoms. The number of anilines is 1.